The summed E-state index contributed by atoms with van der Waals surface area (Å²) in [6.07, 6.45) is 1.23. The van der Waals surface area contributed by atoms with Crippen molar-refractivity contribution in [3.8, 4) is 0 Å². The Balaban J connectivity index is 2.15. The van der Waals surface area contributed by atoms with Crippen molar-refractivity contribution in [2.75, 3.05) is 31.6 Å². The van der Waals surface area contributed by atoms with Crippen LogP contribution in [0.4, 0.5) is 5.82 Å². The second-order valence-electron chi connectivity index (χ2n) is 5.84. The smallest absolute Gasteiger partial charge is 0.133 e. The molecule has 1 atom stereocenters. The van der Waals surface area contributed by atoms with E-state index in [1.165, 1.54) is 6.42 Å². The van der Waals surface area contributed by atoms with Crippen LogP contribution in [0.15, 0.2) is 6.07 Å². The number of hydrogen-bond acceptors (Lipinski definition) is 4. The zero-order valence-electron chi connectivity index (χ0n) is 12.8. The van der Waals surface area contributed by atoms with Crippen molar-refractivity contribution in [1.82, 2.24) is 14.9 Å². The topological polar surface area (TPSA) is 32.3 Å². The van der Waals surface area contributed by atoms with Gasteiger partial charge in [-0.3, -0.25) is 0 Å². The number of aromatic nitrogens is 2. The summed E-state index contributed by atoms with van der Waals surface area (Å²) in [5.74, 6) is 2.45. The Kier molecular flexibility index (Phi) is 4.40. The summed E-state index contributed by atoms with van der Waals surface area (Å²) in [5.41, 5.74) is 1.07. The highest BCUT2D eigenvalue weighted by Gasteiger charge is 2.26. The van der Waals surface area contributed by atoms with Gasteiger partial charge in [-0.2, -0.15) is 0 Å². The van der Waals surface area contributed by atoms with E-state index in [-0.39, 0.29) is 0 Å². The van der Waals surface area contributed by atoms with E-state index in [2.05, 4.69) is 55.6 Å². The van der Waals surface area contributed by atoms with Crippen molar-refractivity contribution in [3.05, 3.63) is 17.6 Å². The molecule has 0 radical (unpaired) electrons. The Bertz CT molecular complexity index is 430. The summed E-state index contributed by atoms with van der Waals surface area (Å²) in [7, 11) is 2.21. The predicted octanol–water partition coefficient (Wildman–Crippen LogP) is 2.44. The first kappa shape index (κ1) is 14.3. The van der Waals surface area contributed by atoms with E-state index >= 15 is 0 Å². The van der Waals surface area contributed by atoms with Crippen molar-refractivity contribution >= 4 is 5.82 Å². The van der Waals surface area contributed by atoms with E-state index in [1.807, 2.05) is 0 Å². The van der Waals surface area contributed by atoms with Crippen molar-refractivity contribution in [2.45, 2.75) is 46.1 Å². The molecule has 106 valence electrons. The summed E-state index contributed by atoms with van der Waals surface area (Å²) in [5, 5.41) is 0. The van der Waals surface area contributed by atoms with E-state index in [4.69, 9.17) is 4.98 Å². The summed E-state index contributed by atoms with van der Waals surface area (Å²) in [6, 6.07) is 2.77. The van der Waals surface area contributed by atoms with Gasteiger partial charge in [0.15, 0.2) is 0 Å². The molecule has 0 N–H and O–H groups in total. The molecule has 19 heavy (non-hydrogen) atoms. The maximum atomic E-state index is 4.73. The highest BCUT2D eigenvalue weighted by atomic mass is 15.3. The van der Waals surface area contributed by atoms with Gasteiger partial charge in [0.25, 0.3) is 0 Å². The lowest BCUT2D eigenvalue weighted by Crippen LogP contribution is -2.34. The summed E-state index contributed by atoms with van der Waals surface area (Å²) < 4.78 is 0. The third-order valence-electron chi connectivity index (χ3n) is 3.98. The highest BCUT2D eigenvalue weighted by molar-refractivity contribution is 5.41. The van der Waals surface area contributed by atoms with Gasteiger partial charge in [-0.1, -0.05) is 20.8 Å². The number of likely N-dealkylation sites (N-methyl/N-ethyl adjacent to an activating group) is 1. The average molecular weight is 262 g/mol. The van der Waals surface area contributed by atoms with Crippen molar-refractivity contribution < 1.29 is 0 Å². The molecule has 1 aromatic rings. The fourth-order valence-electron chi connectivity index (χ4n) is 2.56. The molecule has 2 rings (SSSR count). The zero-order valence-corrected chi connectivity index (χ0v) is 12.8. The first-order chi connectivity index (χ1) is 9.01. The summed E-state index contributed by atoms with van der Waals surface area (Å²) in [4.78, 5) is 14.1. The largest absolute Gasteiger partial charge is 0.355 e. The Morgan fingerprint density at radius 3 is 2.79 bits per heavy atom. The second-order valence-corrected chi connectivity index (χ2v) is 5.84. The highest BCUT2D eigenvalue weighted by Crippen LogP contribution is 2.23. The van der Waals surface area contributed by atoms with Crippen molar-refractivity contribution in [1.29, 1.82) is 0 Å². The molecule has 1 unspecified atom stereocenters. The zero-order chi connectivity index (χ0) is 14.0. The molecule has 1 fully saturated rings. The quantitative estimate of drug-likeness (QED) is 0.834. The van der Waals surface area contributed by atoms with E-state index in [0.29, 0.717) is 12.0 Å². The minimum atomic E-state index is 0.385. The lowest BCUT2D eigenvalue weighted by molar-refractivity contribution is 0.272. The van der Waals surface area contributed by atoms with Gasteiger partial charge >= 0.3 is 0 Å². The standard InChI is InChI=1S/C15H26N4/c1-6-18(5)13-7-8-19(10-13)14-9-12(4)16-15(17-14)11(2)3/h9,11,13H,6-8,10H2,1-5H3. The van der Waals surface area contributed by atoms with Crippen LogP contribution in [0.2, 0.25) is 0 Å². The van der Waals surface area contributed by atoms with Crippen LogP contribution in [0.5, 0.6) is 0 Å². The lowest BCUT2D eigenvalue weighted by atomic mass is 10.2. The van der Waals surface area contributed by atoms with Crippen LogP contribution in [0.25, 0.3) is 0 Å². The Labute approximate surface area is 116 Å². The molecule has 0 saturated carbocycles. The van der Waals surface area contributed by atoms with E-state index < -0.39 is 0 Å². The number of rotatable bonds is 4. The first-order valence-electron chi connectivity index (χ1n) is 7.32. The number of nitrogens with zero attached hydrogens (tertiary/aromatic N) is 4. The minimum absolute atomic E-state index is 0.385. The van der Waals surface area contributed by atoms with E-state index in [1.54, 1.807) is 0 Å². The fourth-order valence-corrected chi connectivity index (χ4v) is 2.56. The molecule has 0 aliphatic carbocycles. The SMILES string of the molecule is CCN(C)C1CCN(c2cc(C)nc(C(C)C)n2)C1. The molecule has 0 amide bonds. The predicted molar refractivity (Wildman–Crippen MR) is 79.8 cm³/mol. The van der Waals surface area contributed by atoms with Gasteiger partial charge in [0.1, 0.15) is 11.6 Å². The van der Waals surface area contributed by atoms with Gasteiger partial charge in [-0.25, -0.2) is 9.97 Å². The maximum Gasteiger partial charge on any atom is 0.133 e. The van der Waals surface area contributed by atoms with Crippen LogP contribution >= 0.6 is 0 Å². The number of hydrogen-bond donors (Lipinski definition) is 0. The van der Waals surface area contributed by atoms with Crippen LogP contribution in [-0.4, -0.2) is 47.6 Å². The van der Waals surface area contributed by atoms with Gasteiger partial charge in [0.05, 0.1) is 0 Å². The molecule has 1 aromatic heterocycles. The molecule has 1 aliphatic heterocycles. The number of aryl methyl sites for hydroxylation is 1. The van der Waals surface area contributed by atoms with Crippen molar-refractivity contribution in [2.24, 2.45) is 0 Å². The molecule has 1 saturated heterocycles. The Hall–Kier alpha value is -1.16. The van der Waals surface area contributed by atoms with Gasteiger partial charge in [0, 0.05) is 36.8 Å². The van der Waals surface area contributed by atoms with Crippen LogP contribution in [-0.2, 0) is 0 Å². The molecule has 4 heteroatoms. The van der Waals surface area contributed by atoms with Crippen LogP contribution < -0.4 is 4.90 Å². The van der Waals surface area contributed by atoms with Gasteiger partial charge in [-0.05, 0) is 26.9 Å². The third-order valence-corrected chi connectivity index (χ3v) is 3.98. The second kappa shape index (κ2) is 5.87. The molecule has 0 aromatic carbocycles. The summed E-state index contributed by atoms with van der Waals surface area (Å²) >= 11 is 0. The molecule has 0 bridgehead atoms. The van der Waals surface area contributed by atoms with Crippen LogP contribution in [0.1, 0.15) is 44.6 Å². The van der Waals surface area contributed by atoms with Crippen molar-refractivity contribution in [3.63, 3.8) is 0 Å². The number of anilines is 1. The van der Waals surface area contributed by atoms with E-state index in [9.17, 15) is 0 Å². The van der Waals surface area contributed by atoms with E-state index in [0.717, 1.165) is 37.0 Å². The average Bonchev–Trinajstić information content (AvgIpc) is 2.86. The van der Waals surface area contributed by atoms with Gasteiger partial charge < -0.3 is 9.80 Å². The summed E-state index contributed by atoms with van der Waals surface area (Å²) in [6.45, 7) is 11.9. The van der Waals surface area contributed by atoms with Gasteiger partial charge in [0.2, 0.25) is 0 Å². The Morgan fingerprint density at radius 2 is 2.16 bits per heavy atom. The first-order valence-corrected chi connectivity index (χ1v) is 7.32. The normalized spacial score (nSPS) is 19.7. The fraction of sp³-hybridized carbons (Fsp3) is 0.733. The monoisotopic (exact) mass is 262 g/mol. The molecule has 4 nitrogen and oxygen atoms in total. The minimum Gasteiger partial charge on any atom is -0.355 e. The molecule has 0 spiro atoms. The lowest BCUT2D eigenvalue weighted by Gasteiger charge is -2.24. The molecule has 2 heterocycles. The van der Waals surface area contributed by atoms with Gasteiger partial charge in [-0.15, -0.1) is 0 Å². The maximum absolute atomic E-state index is 4.73. The molecular weight excluding hydrogens is 236 g/mol. The van der Waals surface area contributed by atoms with Crippen LogP contribution in [0, 0.1) is 6.92 Å². The third kappa shape index (κ3) is 3.24. The molecule has 1 aliphatic rings. The van der Waals surface area contributed by atoms with Crippen LogP contribution in [0.3, 0.4) is 0 Å². The Morgan fingerprint density at radius 1 is 1.42 bits per heavy atom. The molecular formula is C15H26N4.